The lowest BCUT2D eigenvalue weighted by molar-refractivity contribution is -0.143. The molecule has 0 fully saturated rings. The molecule has 1 aliphatic heterocycles. The third-order valence-electron chi connectivity index (χ3n) is 4.73. The summed E-state index contributed by atoms with van der Waals surface area (Å²) in [6.07, 6.45) is 0.192. The van der Waals surface area contributed by atoms with Crippen LogP contribution in [0, 0.1) is 6.92 Å². The quantitative estimate of drug-likeness (QED) is 0.560. The van der Waals surface area contributed by atoms with Gasteiger partial charge in [-0.05, 0) is 44.2 Å². The number of esters is 1. The molecule has 0 amide bonds. The highest BCUT2D eigenvalue weighted by Gasteiger charge is 2.22. The summed E-state index contributed by atoms with van der Waals surface area (Å²) in [4.78, 5) is 16.4. The van der Waals surface area contributed by atoms with Crippen LogP contribution in [0.15, 0.2) is 47.5 Å². The third kappa shape index (κ3) is 4.07. The van der Waals surface area contributed by atoms with Gasteiger partial charge in [-0.1, -0.05) is 23.7 Å². The summed E-state index contributed by atoms with van der Waals surface area (Å²) in [7, 11) is 0. The molecular weight excluding hydrogens is 404 g/mol. The molecule has 154 valence electrons. The van der Waals surface area contributed by atoms with Crippen molar-refractivity contribution in [1.82, 2.24) is 14.8 Å². The van der Waals surface area contributed by atoms with Crippen molar-refractivity contribution in [1.29, 1.82) is 0 Å². The summed E-state index contributed by atoms with van der Waals surface area (Å²) in [6, 6.07) is 13.3. The van der Waals surface area contributed by atoms with Gasteiger partial charge in [0.25, 0.3) is 0 Å². The first kappa shape index (κ1) is 20.1. The molecule has 1 aromatic heterocycles. The van der Waals surface area contributed by atoms with Gasteiger partial charge in [-0.25, -0.2) is 0 Å². The molecule has 30 heavy (non-hydrogen) atoms. The number of halogens is 1. The number of aromatic nitrogens is 3. The maximum absolute atomic E-state index is 11.6. The van der Waals surface area contributed by atoms with Crippen LogP contribution >= 0.6 is 11.6 Å². The van der Waals surface area contributed by atoms with Gasteiger partial charge in [-0.15, -0.1) is 10.2 Å². The molecule has 4 rings (SSSR count). The van der Waals surface area contributed by atoms with E-state index >= 15 is 0 Å². The number of nitrogens with zero attached hydrogens (tertiary/aromatic N) is 4. The minimum atomic E-state index is -0.277. The van der Waals surface area contributed by atoms with Gasteiger partial charge in [0.1, 0.15) is 18.1 Å². The van der Waals surface area contributed by atoms with Gasteiger partial charge in [-0.3, -0.25) is 14.4 Å². The molecule has 2 aromatic carbocycles. The molecule has 0 atom stereocenters. The SMILES string of the molecule is CCOC(=O)CCOc1ccc2c(c1)C(c1ccc(Cl)cc1)=NCc1nnc(C)n1-2. The van der Waals surface area contributed by atoms with Crippen molar-refractivity contribution in [3.05, 3.63) is 70.3 Å². The van der Waals surface area contributed by atoms with Crippen LogP contribution in [0.5, 0.6) is 5.75 Å². The van der Waals surface area contributed by atoms with Crippen LogP contribution < -0.4 is 4.74 Å². The summed E-state index contributed by atoms with van der Waals surface area (Å²) in [5, 5.41) is 9.13. The molecule has 0 N–H and O–H groups in total. The van der Waals surface area contributed by atoms with Crippen LogP contribution in [0.4, 0.5) is 0 Å². The predicted molar refractivity (Wildman–Crippen MR) is 114 cm³/mol. The molecule has 8 heteroatoms. The highest BCUT2D eigenvalue weighted by Crippen LogP contribution is 2.29. The number of fused-ring (bicyclic) bond motifs is 3. The fraction of sp³-hybridized carbons (Fsp3) is 0.273. The van der Waals surface area contributed by atoms with E-state index in [-0.39, 0.29) is 19.0 Å². The molecule has 7 nitrogen and oxygen atoms in total. The summed E-state index contributed by atoms with van der Waals surface area (Å²) < 4.78 is 12.8. The highest BCUT2D eigenvalue weighted by atomic mass is 35.5. The Bertz CT molecular complexity index is 1110. The van der Waals surface area contributed by atoms with E-state index in [0.29, 0.717) is 23.9 Å². The molecule has 0 saturated carbocycles. The Morgan fingerprint density at radius 3 is 2.73 bits per heavy atom. The molecule has 3 aromatic rings. The van der Waals surface area contributed by atoms with Gasteiger partial charge in [0.2, 0.25) is 0 Å². The first-order valence-corrected chi connectivity index (χ1v) is 10.1. The third-order valence-corrected chi connectivity index (χ3v) is 4.98. The van der Waals surface area contributed by atoms with Gasteiger partial charge in [0.05, 0.1) is 31.0 Å². The number of aliphatic imine (C=N–C) groups is 1. The van der Waals surface area contributed by atoms with Crippen molar-refractivity contribution in [3.8, 4) is 11.4 Å². The van der Waals surface area contributed by atoms with E-state index < -0.39 is 0 Å². The van der Waals surface area contributed by atoms with Crippen molar-refractivity contribution < 1.29 is 14.3 Å². The largest absolute Gasteiger partial charge is 0.493 e. The summed E-state index contributed by atoms with van der Waals surface area (Å²) in [5.74, 6) is 1.93. The van der Waals surface area contributed by atoms with Gasteiger partial charge in [0, 0.05) is 16.1 Å². The Hall–Kier alpha value is -3.19. The van der Waals surface area contributed by atoms with E-state index in [9.17, 15) is 4.79 Å². The first-order chi connectivity index (χ1) is 14.6. The molecule has 0 unspecified atom stereocenters. The standard InChI is InChI=1S/C22H21ClN4O3/c1-3-29-21(28)10-11-30-17-8-9-19-18(12-17)22(15-4-6-16(23)7-5-15)24-13-20-26-25-14(2)27(19)20/h4-9,12H,3,10-11,13H2,1-2H3. The minimum absolute atomic E-state index is 0.192. The van der Waals surface area contributed by atoms with E-state index in [1.54, 1.807) is 6.92 Å². The molecule has 0 spiro atoms. The number of carbonyl (C=O) groups is 1. The average molecular weight is 425 g/mol. The highest BCUT2D eigenvalue weighted by molar-refractivity contribution is 6.30. The van der Waals surface area contributed by atoms with Crippen LogP contribution in [-0.2, 0) is 16.1 Å². The number of rotatable bonds is 6. The van der Waals surface area contributed by atoms with E-state index in [2.05, 4.69) is 10.2 Å². The molecule has 0 radical (unpaired) electrons. The molecule has 0 aliphatic carbocycles. The van der Waals surface area contributed by atoms with Crippen LogP contribution in [0.2, 0.25) is 5.02 Å². The number of carbonyl (C=O) groups excluding carboxylic acids is 1. The second kappa shape index (κ2) is 8.67. The Labute approximate surface area is 179 Å². The summed E-state index contributed by atoms with van der Waals surface area (Å²) in [6.45, 7) is 4.70. The summed E-state index contributed by atoms with van der Waals surface area (Å²) in [5.41, 5.74) is 3.59. The van der Waals surface area contributed by atoms with Crippen molar-refractivity contribution in [3.63, 3.8) is 0 Å². The van der Waals surface area contributed by atoms with E-state index in [4.69, 9.17) is 26.1 Å². The van der Waals surface area contributed by atoms with E-state index in [1.807, 2.05) is 54.0 Å². The maximum Gasteiger partial charge on any atom is 0.309 e. The topological polar surface area (TPSA) is 78.6 Å². The normalized spacial score (nSPS) is 12.4. The van der Waals surface area contributed by atoms with E-state index in [1.165, 1.54) is 0 Å². The van der Waals surface area contributed by atoms with Crippen molar-refractivity contribution in [2.45, 2.75) is 26.8 Å². The first-order valence-electron chi connectivity index (χ1n) is 9.71. The van der Waals surface area contributed by atoms with Gasteiger partial charge >= 0.3 is 5.97 Å². The average Bonchev–Trinajstić information content (AvgIpc) is 3.01. The number of aryl methyl sites for hydroxylation is 1. The van der Waals surface area contributed by atoms with Crippen LogP contribution in [0.1, 0.15) is 36.1 Å². The smallest absolute Gasteiger partial charge is 0.309 e. The predicted octanol–water partition coefficient (Wildman–Crippen LogP) is 3.91. The van der Waals surface area contributed by atoms with E-state index in [0.717, 1.165) is 34.2 Å². The molecular formula is C22H21ClN4O3. The van der Waals surface area contributed by atoms with Crippen molar-refractivity contribution >= 4 is 23.3 Å². The molecule has 0 saturated heterocycles. The van der Waals surface area contributed by atoms with Crippen LogP contribution in [-0.4, -0.2) is 39.7 Å². The monoisotopic (exact) mass is 424 g/mol. The zero-order valence-electron chi connectivity index (χ0n) is 16.8. The number of hydrogen-bond donors (Lipinski definition) is 0. The van der Waals surface area contributed by atoms with Crippen molar-refractivity contribution in [2.75, 3.05) is 13.2 Å². The fourth-order valence-electron chi connectivity index (χ4n) is 3.39. The second-order valence-electron chi connectivity index (χ2n) is 6.75. The Balaban J connectivity index is 1.71. The van der Waals surface area contributed by atoms with Crippen molar-refractivity contribution in [2.24, 2.45) is 4.99 Å². The second-order valence-corrected chi connectivity index (χ2v) is 7.19. The lowest BCUT2D eigenvalue weighted by Gasteiger charge is -2.15. The molecule has 0 bridgehead atoms. The Kier molecular flexibility index (Phi) is 5.81. The Morgan fingerprint density at radius 1 is 1.17 bits per heavy atom. The van der Waals surface area contributed by atoms with Crippen LogP contribution in [0.25, 0.3) is 5.69 Å². The minimum Gasteiger partial charge on any atom is -0.493 e. The van der Waals surface area contributed by atoms with Crippen LogP contribution in [0.3, 0.4) is 0 Å². The zero-order chi connectivity index (χ0) is 21.1. The van der Waals surface area contributed by atoms with Gasteiger partial charge in [0.15, 0.2) is 5.82 Å². The zero-order valence-corrected chi connectivity index (χ0v) is 17.5. The number of benzene rings is 2. The molecule has 2 heterocycles. The Morgan fingerprint density at radius 2 is 1.97 bits per heavy atom. The van der Waals surface area contributed by atoms with Gasteiger partial charge in [-0.2, -0.15) is 0 Å². The maximum atomic E-state index is 11.6. The lowest BCUT2D eigenvalue weighted by Crippen LogP contribution is -2.11. The lowest BCUT2D eigenvalue weighted by atomic mass is 10.00. The number of ether oxygens (including phenoxy) is 2. The van der Waals surface area contributed by atoms with Gasteiger partial charge < -0.3 is 9.47 Å². The number of hydrogen-bond acceptors (Lipinski definition) is 6. The molecule has 1 aliphatic rings. The summed E-state index contributed by atoms with van der Waals surface area (Å²) >= 11 is 6.07. The fourth-order valence-corrected chi connectivity index (χ4v) is 3.51.